The van der Waals surface area contributed by atoms with Crippen molar-refractivity contribution in [2.75, 3.05) is 5.32 Å². The van der Waals surface area contributed by atoms with Crippen LogP contribution in [0.4, 0.5) is 15.2 Å². The number of aromatic nitrogens is 5. The molecule has 5 rings (SSSR count). The van der Waals surface area contributed by atoms with Crippen LogP contribution in [-0.4, -0.2) is 35.6 Å². The van der Waals surface area contributed by atoms with Crippen LogP contribution < -0.4 is 5.32 Å². The quantitative estimate of drug-likeness (QED) is 0.181. The average Bonchev–Trinajstić information content (AvgIpc) is 3.41. The number of carbonyl (C=O) groups is 1. The minimum atomic E-state index is -0.624. The SMILES string of the molecule is O=C(Nc1nc(-c2ccc(F)nc2)nc2c1cnn2C1CCCCCC1)c1ccc([N+](=O)[O-])s1. The van der Waals surface area contributed by atoms with E-state index in [9.17, 15) is 19.3 Å². The topological polar surface area (TPSA) is 129 Å². The Labute approximate surface area is 197 Å². The van der Waals surface area contributed by atoms with Crippen LogP contribution in [0.2, 0.25) is 0 Å². The fourth-order valence-corrected chi connectivity index (χ4v) is 4.86. The number of nitrogens with one attached hydrogen (secondary N) is 1. The summed E-state index contributed by atoms with van der Waals surface area (Å²) in [5.74, 6) is -0.655. The zero-order valence-corrected chi connectivity index (χ0v) is 18.8. The second-order valence-electron chi connectivity index (χ2n) is 8.09. The normalized spacial score (nSPS) is 14.7. The van der Waals surface area contributed by atoms with E-state index in [1.54, 1.807) is 6.20 Å². The van der Waals surface area contributed by atoms with E-state index in [1.807, 2.05) is 4.68 Å². The number of amides is 1. The second kappa shape index (κ2) is 9.21. The molecule has 174 valence electrons. The van der Waals surface area contributed by atoms with Gasteiger partial charge in [-0.15, -0.1) is 0 Å². The fraction of sp³-hybridized carbons (Fsp3) is 0.318. The van der Waals surface area contributed by atoms with Crippen molar-refractivity contribution in [1.29, 1.82) is 0 Å². The summed E-state index contributed by atoms with van der Waals surface area (Å²) in [5.41, 5.74) is 1.05. The molecule has 0 aliphatic heterocycles. The average molecular weight is 482 g/mol. The number of fused-ring (bicyclic) bond motifs is 1. The summed E-state index contributed by atoms with van der Waals surface area (Å²) in [5, 5.41) is 18.8. The van der Waals surface area contributed by atoms with Gasteiger partial charge in [-0.3, -0.25) is 14.9 Å². The number of rotatable bonds is 5. The molecule has 4 heterocycles. The van der Waals surface area contributed by atoms with Gasteiger partial charge in [-0.1, -0.05) is 37.0 Å². The van der Waals surface area contributed by atoms with Crippen molar-refractivity contribution in [3.05, 3.63) is 57.6 Å². The van der Waals surface area contributed by atoms with Crippen LogP contribution in [0.15, 0.2) is 36.7 Å². The minimum absolute atomic E-state index is 0.128. The van der Waals surface area contributed by atoms with Crippen molar-refractivity contribution < 1.29 is 14.1 Å². The number of nitro groups is 1. The number of hydrogen-bond donors (Lipinski definition) is 1. The first-order valence-corrected chi connectivity index (χ1v) is 11.7. The third-order valence-corrected chi connectivity index (χ3v) is 6.87. The molecule has 4 aromatic heterocycles. The van der Waals surface area contributed by atoms with Crippen molar-refractivity contribution in [1.82, 2.24) is 24.7 Å². The molecule has 0 bridgehead atoms. The van der Waals surface area contributed by atoms with Crippen molar-refractivity contribution >= 4 is 39.1 Å². The highest BCUT2D eigenvalue weighted by molar-refractivity contribution is 7.17. The Morgan fingerprint density at radius 2 is 1.91 bits per heavy atom. The Morgan fingerprint density at radius 3 is 2.59 bits per heavy atom. The summed E-state index contributed by atoms with van der Waals surface area (Å²) < 4.78 is 15.3. The first-order chi connectivity index (χ1) is 16.5. The fourth-order valence-electron chi connectivity index (χ4n) is 4.14. The summed E-state index contributed by atoms with van der Waals surface area (Å²) in [6, 6.07) is 5.60. The third kappa shape index (κ3) is 4.36. The molecule has 0 aromatic carbocycles. The van der Waals surface area contributed by atoms with Crippen LogP contribution in [0.3, 0.4) is 0 Å². The van der Waals surface area contributed by atoms with Gasteiger partial charge in [0.05, 0.1) is 27.4 Å². The molecule has 1 N–H and O–H groups in total. The largest absolute Gasteiger partial charge is 0.324 e. The van der Waals surface area contributed by atoms with Crippen molar-refractivity contribution in [2.24, 2.45) is 0 Å². The predicted molar refractivity (Wildman–Crippen MR) is 124 cm³/mol. The molecular formula is C22H20FN7O3S. The van der Waals surface area contributed by atoms with E-state index < -0.39 is 16.8 Å². The molecule has 0 saturated heterocycles. The third-order valence-electron chi connectivity index (χ3n) is 5.84. The summed E-state index contributed by atoms with van der Waals surface area (Å²) in [7, 11) is 0. The zero-order chi connectivity index (χ0) is 23.7. The molecule has 12 heteroatoms. The van der Waals surface area contributed by atoms with Gasteiger partial charge in [0.15, 0.2) is 11.5 Å². The lowest BCUT2D eigenvalue weighted by molar-refractivity contribution is -0.380. The molecule has 4 aromatic rings. The monoisotopic (exact) mass is 481 g/mol. The molecule has 0 radical (unpaired) electrons. The lowest BCUT2D eigenvalue weighted by Gasteiger charge is -2.16. The zero-order valence-electron chi connectivity index (χ0n) is 18.0. The Kier molecular flexibility index (Phi) is 5.97. The maximum Gasteiger partial charge on any atom is 0.324 e. The first kappa shape index (κ1) is 22.0. The number of pyridine rings is 1. The standard InChI is InChI=1S/C22H20FN7O3S/c23-17-9-7-13(11-24-17)19-26-20(28-22(31)16-8-10-18(34-16)30(32)33)15-12-25-29(21(15)27-19)14-5-3-1-2-4-6-14/h7-12,14H,1-6H2,(H,26,27,28,31). The molecule has 1 aliphatic rings. The van der Waals surface area contributed by atoms with E-state index in [0.717, 1.165) is 37.0 Å². The Bertz CT molecular complexity index is 1360. The molecule has 0 unspecified atom stereocenters. The van der Waals surface area contributed by atoms with Crippen molar-refractivity contribution in [3.8, 4) is 11.4 Å². The number of hydrogen-bond acceptors (Lipinski definition) is 8. The van der Waals surface area contributed by atoms with Gasteiger partial charge in [0, 0.05) is 17.8 Å². The molecule has 34 heavy (non-hydrogen) atoms. The van der Waals surface area contributed by atoms with Gasteiger partial charge in [-0.2, -0.15) is 9.49 Å². The summed E-state index contributed by atoms with van der Waals surface area (Å²) in [6.07, 6.45) is 9.50. The van der Waals surface area contributed by atoms with Crippen LogP contribution in [0.1, 0.15) is 54.2 Å². The highest BCUT2D eigenvalue weighted by atomic mass is 32.1. The smallest absolute Gasteiger partial charge is 0.305 e. The molecular weight excluding hydrogens is 461 g/mol. The van der Waals surface area contributed by atoms with E-state index in [4.69, 9.17) is 4.98 Å². The van der Waals surface area contributed by atoms with Crippen molar-refractivity contribution in [3.63, 3.8) is 0 Å². The highest BCUT2D eigenvalue weighted by Crippen LogP contribution is 2.32. The van der Waals surface area contributed by atoms with Crippen LogP contribution in [0.5, 0.6) is 0 Å². The molecule has 1 amide bonds. The second-order valence-corrected chi connectivity index (χ2v) is 9.15. The van der Waals surface area contributed by atoms with Crippen molar-refractivity contribution in [2.45, 2.75) is 44.6 Å². The highest BCUT2D eigenvalue weighted by Gasteiger charge is 2.23. The molecule has 10 nitrogen and oxygen atoms in total. The van der Waals surface area contributed by atoms with Gasteiger partial charge in [-0.05, 0) is 31.0 Å². The molecule has 0 atom stereocenters. The van der Waals surface area contributed by atoms with Crippen LogP contribution in [0, 0.1) is 16.1 Å². The van der Waals surface area contributed by atoms with E-state index in [1.165, 1.54) is 43.3 Å². The van der Waals surface area contributed by atoms with Gasteiger partial charge >= 0.3 is 5.00 Å². The van der Waals surface area contributed by atoms with Crippen LogP contribution in [-0.2, 0) is 0 Å². The first-order valence-electron chi connectivity index (χ1n) is 10.9. The van der Waals surface area contributed by atoms with E-state index >= 15 is 0 Å². The van der Waals surface area contributed by atoms with E-state index in [0.29, 0.717) is 16.6 Å². The number of anilines is 1. The Morgan fingerprint density at radius 1 is 1.12 bits per heavy atom. The number of halogens is 1. The van der Waals surface area contributed by atoms with Gasteiger partial charge in [-0.25, -0.2) is 19.6 Å². The summed E-state index contributed by atoms with van der Waals surface area (Å²) in [4.78, 5) is 36.4. The maximum absolute atomic E-state index is 13.4. The molecule has 1 aliphatic carbocycles. The minimum Gasteiger partial charge on any atom is -0.305 e. The maximum atomic E-state index is 13.4. The number of thiophene rings is 1. The van der Waals surface area contributed by atoms with Gasteiger partial charge in [0.25, 0.3) is 5.91 Å². The molecule has 1 fully saturated rings. The Balaban J connectivity index is 1.58. The van der Waals surface area contributed by atoms with Gasteiger partial charge < -0.3 is 5.32 Å². The summed E-state index contributed by atoms with van der Waals surface area (Å²) >= 11 is 0.779. The van der Waals surface area contributed by atoms with Gasteiger partial charge in [0.2, 0.25) is 5.95 Å². The summed E-state index contributed by atoms with van der Waals surface area (Å²) in [6.45, 7) is 0. The van der Waals surface area contributed by atoms with E-state index in [2.05, 4.69) is 20.4 Å². The van der Waals surface area contributed by atoms with E-state index in [-0.39, 0.29) is 27.6 Å². The Hall–Kier alpha value is -3.80. The molecule has 0 spiro atoms. The lowest BCUT2D eigenvalue weighted by atomic mass is 10.1. The van der Waals surface area contributed by atoms with Crippen LogP contribution >= 0.6 is 11.3 Å². The lowest BCUT2D eigenvalue weighted by Crippen LogP contribution is -2.14. The predicted octanol–water partition coefficient (Wildman–Crippen LogP) is 5.14. The van der Waals surface area contributed by atoms with Crippen LogP contribution in [0.25, 0.3) is 22.4 Å². The molecule has 1 saturated carbocycles. The van der Waals surface area contributed by atoms with Gasteiger partial charge in [0.1, 0.15) is 5.82 Å². The number of nitrogens with zero attached hydrogens (tertiary/aromatic N) is 6. The number of carbonyl (C=O) groups excluding carboxylic acids is 1.